The van der Waals surface area contributed by atoms with E-state index >= 15 is 0 Å². The third kappa shape index (κ3) is 11.3. The molecule has 0 fully saturated rings. The summed E-state index contributed by atoms with van der Waals surface area (Å²) in [7, 11) is 0. The molecule has 0 amide bonds. The highest BCUT2D eigenvalue weighted by Crippen LogP contribution is 2.58. The van der Waals surface area contributed by atoms with Gasteiger partial charge in [0.2, 0.25) is 0 Å². The molecule has 3 heteroatoms. The summed E-state index contributed by atoms with van der Waals surface area (Å²) in [4.78, 5) is 5.37. The second-order valence-electron chi connectivity index (χ2n) is 29.1. The molecule has 2 aliphatic rings. The lowest BCUT2D eigenvalue weighted by Crippen LogP contribution is -2.61. The van der Waals surface area contributed by atoms with Gasteiger partial charge in [-0.25, -0.2) is 0 Å². The zero-order valence-electron chi connectivity index (χ0n) is 58.0. The molecule has 0 spiro atoms. The number of hydrogen-bond acceptors (Lipinski definition) is 2. The van der Waals surface area contributed by atoms with Crippen molar-refractivity contribution in [2.24, 2.45) is 0 Å². The lowest BCUT2D eigenvalue weighted by atomic mass is 9.33. The summed E-state index contributed by atoms with van der Waals surface area (Å²) in [6, 6.07) is 135. The van der Waals surface area contributed by atoms with Crippen molar-refractivity contribution in [3.8, 4) is 111 Å². The Morgan fingerprint density at radius 2 is 0.475 bits per heavy atom. The van der Waals surface area contributed by atoms with Crippen LogP contribution in [0.15, 0.2) is 358 Å². The van der Waals surface area contributed by atoms with E-state index in [2.05, 4.69) is 409 Å². The molecule has 482 valence electrons. The molecule has 0 aliphatic carbocycles. The predicted molar refractivity (Wildman–Crippen MR) is 432 cm³/mol. The smallest absolute Gasteiger partial charge is 0.252 e. The Hall–Kier alpha value is -12.0. The summed E-state index contributed by atoms with van der Waals surface area (Å²) in [6.07, 6.45) is 0. The Bertz CT molecular complexity index is 5190. The van der Waals surface area contributed by atoms with Crippen molar-refractivity contribution in [1.82, 2.24) is 0 Å². The van der Waals surface area contributed by atoms with Gasteiger partial charge >= 0.3 is 0 Å². The van der Waals surface area contributed by atoms with Gasteiger partial charge in [0, 0.05) is 45.0 Å². The highest BCUT2D eigenvalue weighted by Gasteiger charge is 2.46. The number of hydrogen-bond donors (Lipinski definition) is 0. The van der Waals surface area contributed by atoms with E-state index in [0.29, 0.717) is 0 Å². The second kappa shape index (κ2) is 25.7. The Kier molecular flexibility index (Phi) is 15.9. The molecular weight excluding hydrogens is 1220 g/mol. The van der Waals surface area contributed by atoms with E-state index in [1.165, 1.54) is 60.9 Å². The van der Waals surface area contributed by atoms with Gasteiger partial charge in [-0.3, -0.25) is 0 Å². The van der Waals surface area contributed by atoms with Crippen LogP contribution in [-0.2, 0) is 10.8 Å². The van der Waals surface area contributed by atoms with Crippen molar-refractivity contribution in [1.29, 1.82) is 0 Å². The molecule has 0 bridgehead atoms. The third-order valence-electron chi connectivity index (χ3n) is 20.8. The minimum absolute atomic E-state index is 0.0104. The molecule has 15 aromatic rings. The van der Waals surface area contributed by atoms with E-state index in [0.717, 1.165) is 112 Å². The number of fused-ring (bicyclic) bond motifs is 4. The van der Waals surface area contributed by atoms with Gasteiger partial charge in [-0.15, -0.1) is 0 Å². The highest BCUT2D eigenvalue weighted by molar-refractivity contribution is 7.00. The average molecular weight is 1290 g/mol. The number of nitrogens with zero attached hydrogens (tertiary/aromatic N) is 2. The fourth-order valence-corrected chi connectivity index (χ4v) is 15.9. The zero-order valence-corrected chi connectivity index (χ0v) is 58.0. The highest BCUT2D eigenvalue weighted by atomic mass is 15.2. The lowest BCUT2D eigenvalue weighted by molar-refractivity contribution is 0.590. The topological polar surface area (TPSA) is 6.48 Å². The van der Waals surface area contributed by atoms with E-state index in [1.807, 2.05) is 0 Å². The number of benzene rings is 15. The monoisotopic (exact) mass is 1290 g/mol. The summed E-state index contributed by atoms with van der Waals surface area (Å²) in [6.45, 7) is 13.6. The van der Waals surface area contributed by atoms with Crippen LogP contribution < -0.4 is 26.2 Å². The summed E-state index contributed by atoms with van der Waals surface area (Å²) >= 11 is 0. The Balaban J connectivity index is 1.06. The van der Waals surface area contributed by atoms with Crippen molar-refractivity contribution < 1.29 is 0 Å². The van der Waals surface area contributed by atoms with Crippen LogP contribution in [0.1, 0.15) is 52.7 Å². The molecule has 0 radical (unpaired) electrons. The van der Waals surface area contributed by atoms with Gasteiger partial charge in [-0.1, -0.05) is 363 Å². The zero-order chi connectivity index (χ0) is 68.3. The summed E-state index contributed by atoms with van der Waals surface area (Å²) in [5.41, 5.74) is 36.0. The molecule has 17 rings (SSSR count). The van der Waals surface area contributed by atoms with Crippen LogP contribution in [0.25, 0.3) is 111 Å². The first kappa shape index (κ1) is 62.5. The van der Waals surface area contributed by atoms with Crippen LogP contribution in [0.5, 0.6) is 0 Å². The Morgan fingerprint density at radius 1 is 0.208 bits per heavy atom. The first-order valence-corrected chi connectivity index (χ1v) is 35.5. The fraction of sp³-hybridized carbons (Fsp3) is 0.0816. The average Bonchev–Trinajstić information content (AvgIpc) is 0.686. The molecule has 2 nitrogen and oxygen atoms in total. The van der Waals surface area contributed by atoms with Crippen molar-refractivity contribution in [2.75, 3.05) is 9.80 Å². The van der Waals surface area contributed by atoms with E-state index < -0.39 is 0 Å². The maximum absolute atomic E-state index is 2.69. The van der Waals surface area contributed by atoms with E-state index in [1.54, 1.807) is 0 Å². The normalized spacial score (nSPS) is 12.4. The van der Waals surface area contributed by atoms with Gasteiger partial charge in [0.15, 0.2) is 0 Å². The molecule has 101 heavy (non-hydrogen) atoms. The number of rotatable bonds is 12. The van der Waals surface area contributed by atoms with Crippen molar-refractivity contribution in [2.45, 2.75) is 52.4 Å². The second-order valence-corrected chi connectivity index (χ2v) is 29.1. The van der Waals surface area contributed by atoms with Gasteiger partial charge in [0.25, 0.3) is 6.71 Å². The predicted octanol–water partition coefficient (Wildman–Crippen LogP) is 25.0. The summed E-state index contributed by atoms with van der Waals surface area (Å²) in [5.74, 6) is 0. The molecule has 0 saturated carbocycles. The van der Waals surface area contributed by atoms with Gasteiger partial charge in [0.05, 0.1) is 11.4 Å². The molecule has 2 aliphatic heterocycles. The van der Waals surface area contributed by atoms with Gasteiger partial charge in [0.1, 0.15) is 0 Å². The van der Waals surface area contributed by atoms with Crippen molar-refractivity contribution in [3.05, 3.63) is 369 Å². The first-order valence-electron chi connectivity index (χ1n) is 35.5. The molecular formula is C98H77BN2. The lowest BCUT2D eigenvalue weighted by Gasteiger charge is -2.46. The van der Waals surface area contributed by atoms with Crippen molar-refractivity contribution in [3.63, 3.8) is 0 Å². The molecule has 0 atom stereocenters. The Morgan fingerprint density at radius 3 is 0.772 bits per heavy atom. The van der Waals surface area contributed by atoms with Gasteiger partial charge < -0.3 is 9.80 Å². The summed E-state index contributed by atoms with van der Waals surface area (Å²) in [5, 5.41) is 0. The molecule has 15 aromatic carbocycles. The van der Waals surface area contributed by atoms with E-state index in [9.17, 15) is 0 Å². The van der Waals surface area contributed by atoms with Gasteiger partial charge in [-0.05, 0) is 164 Å². The first-order chi connectivity index (χ1) is 49.4. The summed E-state index contributed by atoms with van der Waals surface area (Å²) < 4.78 is 0. The van der Waals surface area contributed by atoms with Crippen LogP contribution in [0, 0.1) is 0 Å². The van der Waals surface area contributed by atoms with Crippen LogP contribution in [-0.4, -0.2) is 6.71 Å². The van der Waals surface area contributed by atoms with Crippen LogP contribution in [0.2, 0.25) is 0 Å². The SMILES string of the molecule is CC(C)(C)c1ccc(-c2ccc3c(c2)B2c4cc(-c5ccc(C(C)(C)C)cc5)ccc4N(c4c(-c5ccccc5)cc(-c5ccccc5)c(-c5ccccc5)c4-c4ccccc4)c4cccc(c42)N3c2c(-c3ccccc3)cc(-c3ccccc3)c(-c3ccccc3)c2-c2ccccc2)cc1. The molecule has 2 heterocycles. The van der Waals surface area contributed by atoms with Crippen LogP contribution in [0.4, 0.5) is 34.1 Å². The number of anilines is 6. The minimum Gasteiger partial charge on any atom is -0.310 e. The quantitative estimate of drug-likeness (QED) is 0.113. The molecule has 0 N–H and O–H groups in total. The standard InChI is InChI=1S/C98H77BN2/c1-97(2,3)78-56-50-66(51-57-78)76-54-60-86-84(62-76)99-85-63-77(67-52-58-79(59-53-67)98(4,5)6)55-61-87(85)101(96-83(71-38-21-10-22-39-71)65-81(69-34-17-8-18-35-69)91(73-42-25-12-26-43-73)93(96)75-46-29-14-30-47-75)89-49-31-48-88(94(89)99)100(86)95-82(70-36-19-9-20-37-70)64-80(68-32-15-7-16-33-68)90(72-40-23-11-24-41-72)92(95)74-44-27-13-28-45-74/h7-65H,1-6H3. The van der Waals surface area contributed by atoms with Gasteiger partial charge in [-0.2, -0.15) is 0 Å². The fourth-order valence-electron chi connectivity index (χ4n) is 15.9. The largest absolute Gasteiger partial charge is 0.310 e. The molecule has 0 aromatic heterocycles. The van der Waals surface area contributed by atoms with Crippen molar-refractivity contribution >= 4 is 57.2 Å². The van der Waals surface area contributed by atoms with Crippen LogP contribution >= 0.6 is 0 Å². The molecule has 0 unspecified atom stereocenters. The van der Waals surface area contributed by atoms with E-state index in [-0.39, 0.29) is 17.5 Å². The third-order valence-corrected chi connectivity index (χ3v) is 20.8. The van der Waals surface area contributed by atoms with E-state index in [4.69, 9.17) is 0 Å². The maximum atomic E-state index is 2.69. The maximum Gasteiger partial charge on any atom is 0.252 e. The molecule has 0 saturated heterocycles. The van der Waals surface area contributed by atoms with Crippen LogP contribution in [0.3, 0.4) is 0 Å². The minimum atomic E-state index is -0.253. The Labute approximate surface area is 595 Å².